The summed E-state index contributed by atoms with van der Waals surface area (Å²) < 4.78 is 19.7. The predicted octanol–water partition coefficient (Wildman–Crippen LogP) is 8.35. The van der Waals surface area contributed by atoms with Gasteiger partial charge < -0.3 is 23.9 Å². The molecule has 0 spiro atoms. The number of aromatic nitrogens is 6. The molecule has 0 bridgehead atoms. The van der Waals surface area contributed by atoms with Crippen LogP contribution in [0.15, 0.2) is 140 Å². The molecule has 60 heavy (non-hydrogen) atoms. The number of esters is 1. The van der Waals surface area contributed by atoms with E-state index in [1.807, 2.05) is 113 Å². The standard InChI is InChI=1S/C48H46N6O6/c1-5-17-41-49-43(47(3,4)57)42(45(55)58-31-40-32(2)59-46(56)60-40)53(41)30-33-26-28-34(29-27-33)38-24-15-16-25-39(38)44-50-51-52-54(44)48(35-18-9-6-10-19-35,36-20-11-7-12-21-36)37-22-13-8-14-23-37/h6-16,18-29,32,40,57H,5,17,30-31H2,1-4H3/t32-,40-/m1/s1. The van der Waals surface area contributed by atoms with Crippen LogP contribution in [0.4, 0.5) is 4.79 Å². The second kappa shape index (κ2) is 16.7. The fourth-order valence-corrected chi connectivity index (χ4v) is 7.98. The summed E-state index contributed by atoms with van der Waals surface area (Å²) in [5, 5.41) is 25.0. The number of rotatable bonds is 14. The topological polar surface area (TPSA) is 143 Å². The minimum atomic E-state index is -1.44. The van der Waals surface area contributed by atoms with Crippen molar-refractivity contribution in [1.29, 1.82) is 0 Å². The first kappa shape index (κ1) is 39.9. The number of carbonyl (C=O) groups is 2. The van der Waals surface area contributed by atoms with E-state index in [0.29, 0.717) is 18.1 Å². The SMILES string of the molecule is CCCc1nc(C(C)(C)O)c(C(=O)OC[C@H]2OC(=O)O[C@@H]2C)n1Cc1ccc(-c2ccccc2-c2nnnn2C(c2ccccc2)(c2ccccc2)c2ccccc2)cc1. The molecular weight excluding hydrogens is 757 g/mol. The van der Waals surface area contributed by atoms with E-state index in [-0.39, 0.29) is 24.5 Å². The monoisotopic (exact) mass is 802 g/mol. The third-order valence-corrected chi connectivity index (χ3v) is 10.9. The summed E-state index contributed by atoms with van der Waals surface area (Å²) in [6.07, 6.45) is -0.794. The van der Waals surface area contributed by atoms with Gasteiger partial charge in [-0.2, -0.15) is 0 Å². The van der Waals surface area contributed by atoms with Crippen molar-refractivity contribution in [2.45, 2.75) is 70.4 Å². The summed E-state index contributed by atoms with van der Waals surface area (Å²) in [4.78, 5) is 30.3. The van der Waals surface area contributed by atoms with Gasteiger partial charge in [0.2, 0.25) is 0 Å². The number of ether oxygens (including phenoxy) is 3. The Labute approximate surface area is 348 Å². The Morgan fingerprint density at radius 1 is 0.783 bits per heavy atom. The van der Waals surface area contributed by atoms with Crippen LogP contribution in [0.25, 0.3) is 22.5 Å². The fraction of sp³-hybridized carbons (Fsp3) is 0.250. The number of aliphatic hydroxyl groups is 1. The molecule has 8 rings (SSSR count). The van der Waals surface area contributed by atoms with Crippen LogP contribution in [-0.4, -0.2) is 65.8 Å². The average molecular weight is 803 g/mol. The molecule has 0 unspecified atom stereocenters. The van der Waals surface area contributed by atoms with E-state index in [4.69, 9.17) is 29.5 Å². The zero-order valence-electron chi connectivity index (χ0n) is 33.9. The van der Waals surface area contributed by atoms with E-state index in [1.54, 1.807) is 20.8 Å². The molecule has 2 aromatic heterocycles. The molecule has 0 saturated carbocycles. The quantitative estimate of drug-likeness (QED) is 0.0842. The Kier molecular flexibility index (Phi) is 11.1. The molecule has 1 fully saturated rings. The molecule has 2 atom stereocenters. The number of benzene rings is 5. The molecular formula is C48H46N6O6. The Bertz CT molecular complexity index is 2490. The maximum atomic E-state index is 13.9. The third kappa shape index (κ3) is 7.57. The van der Waals surface area contributed by atoms with Crippen LogP contribution in [-0.2, 0) is 38.3 Å². The zero-order chi connectivity index (χ0) is 41.9. The van der Waals surface area contributed by atoms with Gasteiger partial charge in [-0.25, -0.2) is 19.3 Å². The largest absolute Gasteiger partial charge is 0.509 e. The van der Waals surface area contributed by atoms with Crippen LogP contribution in [0, 0.1) is 0 Å². The summed E-state index contributed by atoms with van der Waals surface area (Å²) in [5.74, 6) is 0.549. The van der Waals surface area contributed by atoms with Crippen LogP contribution < -0.4 is 0 Å². The number of carbonyl (C=O) groups excluding carboxylic acids is 2. The van der Waals surface area contributed by atoms with Crippen molar-refractivity contribution in [2.24, 2.45) is 0 Å². The van der Waals surface area contributed by atoms with Crippen molar-refractivity contribution in [3.63, 3.8) is 0 Å². The van der Waals surface area contributed by atoms with Gasteiger partial charge in [-0.15, -0.1) is 5.10 Å². The van der Waals surface area contributed by atoms with Crippen molar-refractivity contribution >= 4 is 12.1 Å². The number of hydrogen-bond donors (Lipinski definition) is 1. The van der Waals surface area contributed by atoms with Crippen LogP contribution in [0.3, 0.4) is 0 Å². The first-order chi connectivity index (χ1) is 29.1. The molecule has 1 aliphatic rings. The van der Waals surface area contributed by atoms with Crippen LogP contribution in [0.5, 0.6) is 0 Å². The summed E-state index contributed by atoms with van der Waals surface area (Å²) in [6, 6.07) is 47.1. The van der Waals surface area contributed by atoms with Crippen molar-refractivity contribution < 1.29 is 28.9 Å². The molecule has 0 aliphatic carbocycles. The lowest BCUT2D eigenvalue weighted by Crippen LogP contribution is -2.39. The van der Waals surface area contributed by atoms with Crippen molar-refractivity contribution in [1.82, 2.24) is 29.8 Å². The van der Waals surface area contributed by atoms with Crippen LogP contribution in [0.2, 0.25) is 0 Å². The van der Waals surface area contributed by atoms with Gasteiger partial charge in [0.1, 0.15) is 35.4 Å². The number of nitrogens with zero attached hydrogens (tertiary/aromatic N) is 6. The highest BCUT2D eigenvalue weighted by Crippen LogP contribution is 2.43. The Morgan fingerprint density at radius 2 is 1.35 bits per heavy atom. The van der Waals surface area contributed by atoms with Gasteiger partial charge in [0.05, 0.1) is 0 Å². The molecule has 1 aliphatic heterocycles. The number of aryl methyl sites for hydroxylation is 1. The molecule has 1 N–H and O–H groups in total. The molecule has 3 heterocycles. The smallest absolute Gasteiger partial charge is 0.457 e. The van der Waals surface area contributed by atoms with Crippen molar-refractivity contribution in [2.75, 3.05) is 6.61 Å². The molecule has 5 aromatic carbocycles. The average Bonchev–Trinajstić information content (AvgIpc) is 3.99. The molecule has 0 amide bonds. The highest BCUT2D eigenvalue weighted by molar-refractivity contribution is 5.89. The molecule has 12 heteroatoms. The first-order valence-electron chi connectivity index (χ1n) is 20.1. The van der Waals surface area contributed by atoms with E-state index in [0.717, 1.165) is 45.4 Å². The zero-order valence-corrected chi connectivity index (χ0v) is 33.9. The Hall–Kier alpha value is -6.92. The number of cyclic esters (lactones) is 2. The third-order valence-electron chi connectivity index (χ3n) is 10.9. The molecule has 0 radical (unpaired) electrons. The summed E-state index contributed by atoms with van der Waals surface area (Å²) in [6.45, 7) is 6.97. The second-order valence-electron chi connectivity index (χ2n) is 15.4. The van der Waals surface area contributed by atoms with E-state index < -0.39 is 35.5 Å². The molecule has 7 aromatic rings. The second-order valence-corrected chi connectivity index (χ2v) is 15.4. The van der Waals surface area contributed by atoms with Crippen molar-refractivity contribution in [3.05, 3.63) is 179 Å². The highest BCUT2D eigenvalue weighted by atomic mass is 16.8. The van der Waals surface area contributed by atoms with E-state index in [2.05, 4.69) is 47.7 Å². The first-order valence-corrected chi connectivity index (χ1v) is 20.1. The molecule has 12 nitrogen and oxygen atoms in total. The maximum absolute atomic E-state index is 13.9. The minimum Gasteiger partial charge on any atom is -0.457 e. The van der Waals surface area contributed by atoms with Gasteiger partial charge >= 0.3 is 12.1 Å². The van der Waals surface area contributed by atoms with E-state index in [9.17, 15) is 14.7 Å². The van der Waals surface area contributed by atoms with Gasteiger partial charge in [0.15, 0.2) is 17.6 Å². The summed E-state index contributed by atoms with van der Waals surface area (Å²) in [5.41, 5.74) is 4.60. The normalized spacial score (nSPS) is 15.4. The minimum absolute atomic E-state index is 0.142. The van der Waals surface area contributed by atoms with Gasteiger partial charge in [-0.3, -0.25) is 0 Å². The Balaban J connectivity index is 1.17. The number of hydrogen-bond acceptors (Lipinski definition) is 10. The summed E-state index contributed by atoms with van der Waals surface area (Å²) >= 11 is 0. The number of imidazole rings is 1. The summed E-state index contributed by atoms with van der Waals surface area (Å²) in [7, 11) is 0. The molecule has 304 valence electrons. The van der Waals surface area contributed by atoms with Gasteiger partial charge in [0, 0.05) is 18.5 Å². The lowest BCUT2D eigenvalue weighted by Gasteiger charge is -2.36. The highest BCUT2D eigenvalue weighted by Gasteiger charge is 2.42. The van der Waals surface area contributed by atoms with E-state index >= 15 is 0 Å². The van der Waals surface area contributed by atoms with Crippen LogP contribution >= 0.6 is 0 Å². The van der Waals surface area contributed by atoms with Crippen LogP contribution in [0.1, 0.15) is 78.4 Å². The maximum Gasteiger partial charge on any atom is 0.509 e. The van der Waals surface area contributed by atoms with Gasteiger partial charge in [-0.05, 0) is 71.0 Å². The lowest BCUT2D eigenvalue weighted by atomic mass is 9.77. The van der Waals surface area contributed by atoms with Gasteiger partial charge in [-0.1, -0.05) is 146 Å². The fourth-order valence-electron chi connectivity index (χ4n) is 7.98. The Morgan fingerprint density at radius 3 is 1.88 bits per heavy atom. The number of tetrazole rings is 1. The molecule has 1 saturated heterocycles. The lowest BCUT2D eigenvalue weighted by molar-refractivity contribution is 0.0219. The van der Waals surface area contributed by atoms with E-state index in [1.165, 1.54) is 0 Å². The van der Waals surface area contributed by atoms with Gasteiger partial charge in [0.25, 0.3) is 0 Å². The van der Waals surface area contributed by atoms with Crippen molar-refractivity contribution in [3.8, 4) is 22.5 Å². The predicted molar refractivity (Wildman–Crippen MR) is 225 cm³/mol.